The first-order valence-electron chi connectivity index (χ1n) is 34.9. The van der Waals surface area contributed by atoms with Crippen LogP contribution < -0.4 is 10.2 Å². The highest BCUT2D eigenvalue weighted by molar-refractivity contribution is 7.45. The number of quaternary nitrogens is 1. The van der Waals surface area contributed by atoms with Crippen LogP contribution >= 0.6 is 7.82 Å². The molecule has 0 spiro atoms. The third-order valence-corrected chi connectivity index (χ3v) is 16.3. The smallest absolute Gasteiger partial charge is 0.306 e. The molecule has 0 aromatic carbocycles. The predicted octanol–water partition coefficient (Wildman–Crippen LogP) is 21.5. The van der Waals surface area contributed by atoms with Crippen molar-refractivity contribution in [3.63, 3.8) is 0 Å². The van der Waals surface area contributed by atoms with E-state index in [-0.39, 0.29) is 24.9 Å². The maximum absolute atomic E-state index is 13.6. The normalized spacial score (nSPS) is 14.1. The summed E-state index contributed by atoms with van der Waals surface area (Å²) in [5.41, 5.74) is 0. The second-order valence-electron chi connectivity index (χ2n) is 24.7. The number of carbonyl (C=O) groups is 2. The van der Waals surface area contributed by atoms with Crippen LogP contribution in [0.3, 0.4) is 0 Å². The Labute approximate surface area is 514 Å². The number of unbranched alkanes of at least 4 members (excludes halogenated alkanes) is 35. The van der Waals surface area contributed by atoms with Crippen molar-refractivity contribution in [1.29, 1.82) is 0 Å². The van der Waals surface area contributed by atoms with E-state index in [1.54, 1.807) is 0 Å². The number of hydrogen-bond donors (Lipinski definition) is 1. The summed E-state index contributed by atoms with van der Waals surface area (Å²) in [7, 11) is 1.17. The minimum Gasteiger partial charge on any atom is -0.756 e. The van der Waals surface area contributed by atoms with Gasteiger partial charge in [-0.2, -0.15) is 0 Å². The van der Waals surface area contributed by atoms with Gasteiger partial charge in [-0.25, -0.2) is 0 Å². The number of phosphoric acid groups is 1. The number of nitrogens with one attached hydrogen (secondary N) is 1. The summed E-state index contributed by atoms with van der Waals surface area (Å²) in [5, 5.41) is 3.03. The highest BCUT2D eigenvalue weighted by Gasteiger charge is 2.27. The molecule has 83 heavy (non-hydrogen) atoms. The van der Waals surface area contributed by atoms with E-state index < -0.39 is 26.6 Å². The molecule has 0 bridgehead atoms. The largest absolute Gasteiger partial charge is 0.756 e. The number of carbonyl (C=O) groups excluding carboxylic acids is 2. The van der Waals surface area contributed by atoms with Crippen molar-refractivity contribution < 1.29 is 37.3 Å². The van der Waals surface area contributed by atoms with Gasteiger partial charge in [-0.3, -0.25) is 14.2 Å². The molecule has 0 aromatic heterocycles. The molecular weight excluding hydrogens is 1050 g/mol. The maximum atomic E-state index is 13.6. The monoisotopic (exact) mass is 1180 g/mol. The number of amides is 1. The molecule has 0 aromatic rings. The lowest BCUT2D eigenvalue weighted by molar-refractivity contribution is -0.870. The van der Waals surface area contributed by atoms with Crippen molar-refractivity contribution in [2.45, 2.75) is 328 Å². The zero-order valence-corrected chi connectivity index (χ0v) is 56.0. The molecular formula is C73H133N2O7P. The molecule has 0 aliphatic heterocycles. The summed E-state index contributed by atoms with van der Waals surface area (Å²) in [5.74, 6) is -0.557. The lowest BCUT2D eigenvalue weighted by Crippen LogP contribution is -2.47. The van der Waals surface area contributed by atoms with Crippen LogP contribution in [-0.2, 0) is 27.9 Å². The van der Waals surface area contributed by atoms with Gasteiger partial charge in [-0.15, -0.1) is 0 Å². The van der Waals surface area contributed by atoms with E-state index in [0.717, 1.165) is 96.3 Å². The van der Waals surface area contributed by atoms with Crippen molar-refractivity contribution in [1.82, 2.24) is 5.32 Å². The van der Waals surface area contributed by atoms with E-state index in [1.807, 2.05) is 33.3 Å². The molecule has 3 atom stereocenters. The Hall–Kier alpha value is -2.81. The quantitative estimate of drug-likeness (QED) is 0.0212. The number of esters is 1. The van der Waals surface area contributed by atoms with E-state index in [9.17, 15) is 19.0 Å². The Balaban J connectivity index is 5.18. The Morgan fingerprint density at radius 2 is 0.735 bits per heavy atom. The zero-order valence-electron chi connectivity index (χ0n) is 55.1. The van der Waals surface area contributed by atoms with Gasteiger partial charge in [0, 0.05) is 12.8 Å². The molecule has 10 heteroatoms. The molecule has 0 heterocycles. The molecule has 0 saturated heterocycles. The van der Waals surface area contributed by atoms with Crippen LogP contribution in [0.4, 0.5) is 0 Å². The lowest BCUT2D eigenvalue weighted by atomic mass is 10.0. The van der Waals surface area contributed by atoms with Crippen LogP contribution in [0.5, 0.6) is 0 Å². The third-order valence-electron chi connectivity index (χ3n) is 15.3. The van der Waals surface area contributed by atoms with Crippen molar-refractivity contribution in [2.75, 3.05) is 40.9 Å². The van der Waals surface area contributed by atoms with Crippen molar-refractivity contribution in [3.8, 4) is 0 Å². The molecule has 0 rings (SSSR count). The third kappa shape index (κ3) is 63.5. The second kappa shape index (κ2) is 62.2. The first kappa shape index (κ1) is 80.2. The summed E-state index contributed by atoms with van der Waals surface area (Å²) in [6.45, 7) is 6.80. The molecule has 0 fully saturated rings. The highest BCUT2D eigenvalue weighted by atomic mass is 31.2. The average molecular weight is 1180 g/mol. The number of ether oxygens (including phenoxy) is 1. The topological polar surface area (TPSA) is 114 Å². The molecule has 0 aliphatic carbocycles. The summed E-state index contributed by atoms with van der Waals surface area (Å²) in [4.78, 5) is 40.2. The van der Waals surface area contributed by atoms with Crippen LogP contribution in [0, 0.1) is 0 Å². The van der Waals surface area contributed by atoms with E-state index in [2.05, 4.69) is 99.0 Å². The summed E-state index contributed by atoms with van der Waals surface area (Å²) >= 11 is 0. The van der Waals surface area contributed by atoms with Crippen molar-refractivity contribution in [2.24, 2.45) is 0 Å². The van der Waals surface area contributed by atoms with Gasteiger partial charge in [0.25, 0.3) is 7.82 Å². The lowest BCUT2D eigenvalue weighted by Gasteiger charge is -2.30. The van der Waals surface area contributed by atoms with Crippen LogP contribution in [0.1, 0.15) is 316 Å². The van der Waals surface area contributed by atoms with Crippen LogP contribution in [0.25, 0.3) is 0 Å². The Morgan fingerprint density at radius 3 is 1.12 bits per heavy atom. The van der Waals surface area contributed by atoms with Gasteiger partial charge in [0.15, 0.2) is 0 Å². The number of allylic oxidation sites excluding steroid dienone is 13. The minimum atomic E-state index is -4.71. The molecule has 0 saturated carbocycles. The fourth-order valence-corrected chi connectivity index (χ4v) is 10.6. The summed E-state index contributed by atoms with van der Waals surface area (Å²) < 4.78 is 30.4. The Morgan fingerprint density at radius 1 is 0.422 bits per heavy atom. The fraction of sp³-hybridized carbons (Fsp3) is 0.781. The second-order valence-corrected chi connectivity index (χ2v) is 26.1. The maximum Gasteiger partial charge on any atom is 0.306 e. The van der Waals surface area contributed by atoms with E-state index >= 15 is 0 Å². The van der Waals surface area contributed by atoms with E-state index in [0.29, 0.717) is 23.9 Å². The summed E-state index contributed by atoms with van der Waals surface area (Å²) in [6.07, 6.45) is 82.6. The van der Waals surface area contributed by atoms with Gasteiger partial charge >= 0.3 is 5.97 Å². The number of rotatable bonds is 63. The Kier molecular flexibility index (Phi) is 60.1. The number of nitrogens with zero attached hydrogens (tertiary/aromatic N) is 1. The van der Waals surface area contributed by atoms with E-state index in [1.165, 1.54) is 180 Å². The molecule has 0 radical (unpaired) electrons. The molecule has 0 aliphatic rings. The first-order chi connectivity index (χ1) is 40.4. The molecule has 1 N–H and O–H groups in total. The SMILES string of the molecule is CCCCC/C=C\C/C=C\C/C=C\C/C=C\CCCCCCCC(=O)NC(COP(=O)([O-])OCC[N+](C)(C)C)C(/C=C/CCCCCCCCCCCCC)OC(=O)CCCCCCCCCCCCCCC/C=C\C/C=C\CCCCC. The molecule has 3 unspecified atom stereocenters. The zero-order chi connectivity index (χ0) is 60.7. The summed E-state index contributed by atoms with van der Waals surface area (Å²) in [6, 6.07) is -0.903. The van der Waals surface area contributed by atoms with Gasteiger partial charge in [-0.1, -0.05) is 280 Å². The van der Waals surface area contributed by atoms with Gasteiger partial charge < -0.3 is 28.5 Å². The molecule has 9 nitrogen and oxygen atoms in total. The van der Waals surface area contributed by atoms with Crippen LogP contribution in [0.15, 0.2) is 85.1 Å². The van der Waals surface area contributed by atoms with E-state index in [4.69, 9.17) is 13.8 Å². The minimum absolute atomic E-state index is 0.0289. The average Bonchev–Trinajstić information content (AvgIpc) is 3.46. The van der Waals surface area contributed by atoms with Gasteiger partial charge in [0.05, 0.1) is 33.8 Å². The van der Waals surface area contributed by atoms with Gasteiger partial charge in [0.2, 0.25) is 5.91 Å². The van der Waals surface area contributed by atoms with Gasteiger partial charge in [0.1, 0.15) is 19.3 Å². The van der Waals surface area contributed by atoms with Crippen LogP contribution in [0.2, 0.25) is 0 Å². The predicted molar refractivity (Wildman–Crippen MR) is 358 cm³/mol. The first-order valence-corrected chi connectivity index (χ1v) is 36.4. The molecule has 1 amide bonds. The molecule has 482 valence electrons. The van der Waals surface area contributed by atoms with Gasteiger partial charge in [-0.05, 0) is 109 Å². The Bertz CT molecular complexity index is 1700. The number of likely N-dealkylation sites (N-methyl/N-ethyl adjacent to an activating group) is 1. The fourth-order valence-electron chi connectivity index (χ4n) is 9.89. The number of hydrogen-bond acceptors (Lipinski definition) is 7. The van der Waals surface area contributed by atoms with Crippen molar-refractivity contribution in [3.05, 3.63) is 85.1 Å². The van der Waals surface area contributed by atoms with Crippen LogP contribution in [-0.4, -0.2) is 69.4 Å². The standard InChI is InChI=1S/C73H133N2O7P/c1-7-10-13-16-19-22-25-28-30-32-34-36-37-39-41-43-45-48-51-54-57-60-63-66-73(77)82-71(64-61-58-55-52-49-46-27-24-21-18-15-12-9-3)70(69-81-83(78,79)80-68-67-75(4,5)6)74-72(76)65-62-59-56-53-50-47-44-42-40-38-35-33-31-29-26-23-20-17-14-11-8-2/h19-20,22-23,28-31,35,38,42,44,61,64,70-71H,7-18,21,24-27,32-34,36-37,39-41,43,45-60,62-63,65-69H2,1-6H3,(H-,74,76,78,79)/b22-19-,23-20-,30-28-,31-29-,38-35-,44-42-,64-61+. The highest BCUT2D eigenvalue weighted by Crippen LogP contribution is 2.38. The number of phosphoric ester groups is 1. The van der Waals surface area contributed by atoms with Crippen molar-refractivity contribution >= 4 is 19.7 Å².